The van der Waals surface area contributed by atoms with Crippen molar-refractivity contribution in [2.75, 3.05) is 13.2 Å². The van der Waals surface area contributed by atoms with Crippen LogP contribution in [-0.2, 0) is 0 Å². The zero-order chi connectivity index (χ0) is 21.0. The van der Waals surface area contributed by atoms with Crippen molar-refractivity contribution in [3.05, 3.63) is 68.8 Å². The lowest BCUT2D eigenvalue weighted by Crippen LogP contribution is -1.96. The van der Waals surface area contributed by atoms with Gasteiger partial charge in [-0.05, 0) is 38.1 Å². The molecule has 0 aliphatic carbocycles. The lowest BCUT2D eigenvalue weighted by Gasteiger charge is -2.09. The van der Waals surface area contributed by atoms with Crippen LogP contribution in [0.5, 0.6) is 11.5 Å². The number of hydrogen-bond acceptors (Lipinski definition) is 7. The summed E-state index contributed by atoms with van der Waals surface area (Å²) in [7, 11) is 0. The maximum absolute atomic E-state index is 11.0. The number of rotatable bonds is 8. The van der Waals surface area contributed by atoms with Crippen molar-refractivity contribution in [1.29, 1.82) is 0 Å². The van der Waals surface area contributed by atoms with Crippen LogP contribution in [0.15, 0.2) is 52.9 Å². The lowest BCUT2D eigenvalue weighted by molar-refractivity contribution is -0.385. The molecule has 9 nitrogen and oxygen atoms in total. The van der Waals surface area contributed by atoms with Crippen molar-refractivity contribution < 1.29 is 23.7 Å². The van der Waals surface area contributed by atoms with Crippen LogP contribution in [0, 0.1) is 20.2 Å². The Bertz CT molecular complexity index is 977. The average molecular weight is 398 g/mol. The van der Waals surface area contributed by atoms with Gasteiger partial charge < -0.3 is 13.9 Å². The summed E-state index contributed by atoms with van der Waals surface area (Å²) in [5.74, 6) is 1.55. The zero-order valence-electron chi connectivity index (χ0n) is 15.8. The molecule has 0 spiro atoms. The second-order valence-electron chi connectivity index (χ2n) is 5.91. The van der Waals surface area contributed by atoms with Gasteiger partial charge in [0.15, 0.2) is 0 Å². The Morgan fingerprint density at radius 3 is 1.52 bits per heavy atom. The fourth-order valence-corrected chi connectivity index (χ4v) is 2.83. The van der Waals surface area contributed by atoms with E-state index in [1.807, 2.05) is 0 Å². The molecule has 9 heteroatoms. The highest BCUT2D eigenvalue weighted by molar-refractivity contribution is 5.74. The zero-order valence-corrected chi connectivity index (χ0v) is 15.8. The summed E-state index contributed by atoms with van der Waals surface area (Å²) in [5, 5.41) is 22.1. The van der Waals surface area contributed by atoms with E-state index in [0.29, 0.717) is 47.4 Å². The quantitative estimate of drug-likeness (QED) is 0.376. The number of ether oxygens (including phenoxy) is 2. The summed E-state index contributed by atoms with van der Waals surface area (Å²) in [6.45, 7) is 4.22. The van der Waals surface area contributed by atoms with E-state index in [0.717, 1.165) is 0 Å². The Labute approximate surface area is 165 Å². The van der Waals surface area contributed by atoms with Crippen molar-refractivity contribution in [2.45, 2.75) is 13.8 Å². The number of nitro groups is 2. The van der Waals surface area contributed by atoms with Crippen LogP contribution in [0.2, 0.25) is 0 Å². The number of non-ortho nitro benzene ring substituents is 2. The molecule has 0 amide bonds. The second-order valence-corrected chi connectivity index (χ2v) is 5.91. The summed E-state index contributed by atoms with van der Waals surface area (Å²) in [5.41, 5.74) is 0.947. The molecule has 0 aliphatic heterocycles. The Kier molecular flexibility index (Phi) is 5.77. The van der Waals surface area contributed by atoms with E-state index in [1.54, 1.807) is 38.1 Å². The number of nitro benzene ring substituents is 2. The molecule has 2 aromatic carbocycles. The molecular formula is C20H18N2O7. The molecule has 1 aromatic heterocycles. The van der Waals surface area contributed by atoms with Crippen LogP contribution in [0.4, 0.5) is 11.4 Å². The lowest BCUT2D eigenvalue weighted by atomic mass is 10.1. The first kappa shape index (κ1) is 19.9. The van der Waals surface area contributed by atoms with Crippen LogP contribution in [0.25, 0.3) is 22.6 Å². The van der Waals surface area contributed by atoms with Gasteiger partial charge >= 0.3 is 0 Å². The highest BCUT2D eigenvalue weighted by Crippen LogP contribution is 2.39. The second kappa shape index (κ2) is 8.42. The van der Waals surface area contributed by atoms with Gasteiger partial charge in [-0.15, -0.1) is 0 Å². The molecule has 0 N–H and O–H groups in total. The van der Waals surface area contributed by atoms with Crippen LogP contribution in [-0.4, -0.2) is 23.1 Å². The maximum Gasteiger partial charge on any atom is 0.273 e. The molecule has 1 heterocycles. The summed E-state index contributed by atoms with van der Waals surface area (Å²) in [6.07, 6.45) is 0. The van der Waals surface area contributed by atoms with Crippen molar-refractivity contribution in [3.63, 3.8) is 0 Å². The molecule has 0 atom stereocenters. The molecule has 0 saturated heterocycles. The molecule has 0 radical (unpaired) electrons. The summed E-state index contributed by atoms with van der Waals surface area (Å²) >= 11 is 0. The van der Waals surface area contributed by atoms with E-state index < -0.39 is 9.85 Å². The Morgan fingerprint density at radius 1 is 0.759 bits per heavy atom. The predicted molar refractivity (Wildman–Crippen MR) is 105 cm³/mol. The van der Waals surface area contributed by atoms with Gasteiger partial charge in [0.05, 0.1) is 46.3 Å². The molecular weight excluding hydrogens is 380 g/mol. The normalized spacial score (nSPS) is 10.6. The smallest absolute Gasteiger partial charge is 0.273 e. The Hall–Kier alpha value is -3.88. The highest BCUT2D eigenvalue weighted by Gasteiger charge is 2.19. The molecule has 3 aromatic rings. The Balaban J connectivity index is 2.04. The summed E-state index contributed by atoms with van der Waals surface area (Å²) < 4.78 is 17.0. The minimum Gasteiger partial charge on any atom is -0.493 e. The first-order chi connectivity index (χ1) is 13.9. The van der Waals surface area contributed by atoms with Crippen LogP contribution >= 0.6 is 0 Å². The molecule has 0 fully saturated rings. The molecule has 150 valence electrons. The number of benzene rings is 2. The van der Waals surface area contributed by atoms with Gasteiger partial charge in [-0.3, -0.25) is 20.2 Å². The largest absolute Gasteiger partial charge is 0.493 e. The first-order valence-corrected chi connectivity index (χ1v) is 8.87. The first-order valence-electron chi connectivity index (χ1n) is 8.87. The maximum atomic E-state index is 11.0. The highest BCUT2D eigenvalue weighted by atomic mass is 16.6. The van der Waals surface area contributed by atoms with Gasteiger partial charge in [0, 0.05) is 12.1 Å². The van der Waals surface area contributed by atoms with Gasteiger partial charge in [0.25, 0.3) is 11.4 Å². The fourth-order valence-electron chi connectivity index (χ4n) is 2.83. The Morgan fingerprint density at radius 2 is 1.17 bits per heavy atom. The minimum absolute atomic E-state index is 0.0852. The minimum atomic E-state index is -0.495. The van der Waals surface area contributed by atoms with Gasteiger partial charge in [0.2, 0.25) is 0 Å². The van der Waals surface area contributed by atoms with Crippen LogP contribution in [0.3, 0.4) is 0 Å². The predicted octanol–water partition coefficient (Wildman–Crippen LogP) is 5.23. The van der Waals surface area contributed by atoms with E-state index in [-0.39, 0.29) is 11.4 Å². The summed E-state index contributed by atoms with van der Waals surface area (Å²) in [4.78, 5) is 21.1. The topological polar surface area (TPSA) is 118 Å². The van der Waals surface area contributed by atoms with Gasteiger partial charge in [0.1, 0.15) is 23.0 Å². The third-order valence-corrected chi connectivity index (χ3v) is 4.09. The number of hydrogen-bond donors (Lipinski definition) is 0. The van der Waals surface area contributed by atoms with E-state index in [1.165, 1.54) is 24.3 Å². The van der Waals surface area contributed by atoms with Gasteiger partial charge in [-0.25, -0.2) is 0 Å². The third kappa shape index (κ3) is 4.18. The average Bonchev–Trinajstić information content (AvgIpc) is 3.18. The standard InChI is InChI=1S/C20H18N2O7/c1-3-27-19-11-13(21(23)24)5-7-15(19)17-9-10-18(29-17)16-8-6-14(22(25)26)12-20(16)28-4-2/h5-12H,3-4H2,1-2H3. The molecule has 0 aliphatic rings. The molecule has 29 heavy (non-hydrogen) atoms. The SMILES string of the molecule is CCOc1cc([N+](=O)[O-])ccc1-c1ccc(-c2ccc([N+](=O)[O-])cc2OCC)o1. The van der Waals surface area contributed by atoms with E-state index >= 15 is 0 Å². The van der Waals surface area contributed by atoms with E-state index in [2.05, 4.69) is 0 Å². The molecule has 3 rings (SSSR count). The van der Waals surface area contributed by atoms with Crippen LogP contribution < -0.4 is 9.47 Å². The molecule has 0 unspecified atom stereocenters. The summed E-state index contributed by atoms with van der Waals surface area (Å²) in [6, 6.07) is 12.0. The number of nitrogens with zero attached hydrogens (tertiary/aromatic N) is 2. The van der Waals surface area contributed by atoms with Crippen LogP contribution in [0.1, 0.15) is 13.8 Å². The van der Waals surface area contributed by atoms with Gasteiger partial charge in [-0.1, -0.05) is 0 Å². The van der Waals surface area contributed by atoms with Crippen molar-refractivity contribution in [1.82, 2.24) is 0 Å². The fraction of sp³-hybridized carbons (Fsp3) is 0.200. The van der Waals surface area contributed by atoms with E-state index in [9.17, 15) is 20.2 Å². The molecule has 0 saturated carbocycles. The van der Waals surface area contributed by atoms with Crippen molar-refractivity contribution in [3.8, 4) is 34.1 Å². The monoisotopic (exact) mass is 398 g/mol. The third-order valence-electron chi connectivity index (χ3n) is 4.09. The van der Waals surface area contributed by atoms with Gasteiger partial charge in [-0.2, -0.15) is 0 Å². The number of furan rings is 1. The molecule has 0 bridgehead atoms. The van der Waals surface area contributed by atoms with Crippen molar-refractivity contribution in [2.24, 2.45) is 0 Å². The van der Waals surface area contributed by atoms with Crippen molar-refractivity contribution >= 4 is 11.4 Å². The van der Waals surface area contributed by atoms with E-state index in [4.69, 9.17) is 13.9 Å².